The van der Waals surface area contributed by atoms with Crippen molar-refractivity contribution >= 4 is 54.3 Å². The lowest BCUT2D eigenvalue weighted by Crippen LogP contribution is -2.00. The van der Waals surface area contributed by atoms with Crippen LogP contribution in [0, 0.1) is 0 Å². The Labute approximate surface area is 246 Å². The molecule has 0 spiro atoms. The molecule has 4 nitrogen and oxygen atoms in total. The Morgan fingerprint density at radius 2 is 0.837 bits per heavy atom. The summed E-state index contributed by atoms with van der Waals surface area (Å²) in [5.41, 5.74) is 4.45. The lowest BCUT2D eigenvalue weighted by Gasteiger charge is -2.11. The molecule has 0 saturated carbocycles. The number of fused-ring (bicyclic) bond motifs is 9. The Morgan fingerprint density at radius 3 is 1.42 bits per heavy atom. The summed E-state index contributed by atoms with van der Waals surface area (Å²) in [6, 6.07) is 48.0. The fourth-order valence-electron chi connectivity index (χ4n) is 6.34. The summed E-state index contributed by atoms with van der Waals surface area (Å²) in [6.45, 7) is 0. The zero-order valence-corrected chi connectivity index (χ0v) is 23.0. The summed E-state index contributed by atoms with van der Waals surface area (Å²) in [7, 11) is 0. The molecule has 9 rings (SSSR count). The molecule has 43 heavy (non-hydrogen) atoms. The maximum atomic E-state index is 6.54. The minimum atomic E-state index is 0.615. The molecule has 200 valence electrons. The molecule has 2 aromatic heterocycles. The predicted molar refractivity (Wildman–Crippen MR) is 176 cm³/mol. The van der Waals surface area contributed by atoms with Crippen molar-refractivity contribution in [3.8, 4) is 34.2 Å². The maximum Gasteiger partial charge on any atom is 0.164 e. The number of rotatable bonds is 3. The Hall–Kier alpha value is -5.87. The van der Waals surface area contributed by atoms with Crippen LogP contribution in [0.25, 0.3) is 88.4 Å². The molecule has 0 aliphatic heterocycles. The third-order valence-electron chi connectivity index (χ3n) is 8.30. The summed E-state index contributed by atoms with van der Waals surface area (Å²) in [5, 5.41) is 9.36. The van der Waals surface area contributed by atoms with Crippen molar-refractivity contribution in [3.05, 3.63) is 140 Å². The van der Waals surface area contributed by atoms with Gasteiger partial charge in [0, 0.05) is 27.5 Å². The Morgan fingerprint density at radius 1 is 0.349 bits per heavy atom. The third kappa shape index (κ3) is 3.74. The lowest BCUT2D eigenvalue weighted by atomic mass is 9.93. The van der Waals surface area contributed by atoms with E-state index in [0.29, 0.717) is 17.5 Å². The van der Waals surface area contributed by atoms with E-state index in [1.54, 1.807) is 0 Å². The maximum absolute atomic E-state index is 6.54. The van der Waals surface area contributed by atoms with Crippen molar-refractivity contribution in [1.29, 1.82) is 0 Å². The standard InChI is InChI=1S/C39H23N3O/c1-3-12-24(13-4-1)37-40-38(25-14-5-2-6-15-25)42-39(41-37)30-20-11-21-34-36(30)33-22-31-28-18-9-7-16-26(28)27-17-8-10-19-29(27)32(31)23-35(33)43-34/h1-23H. The number of hydrogen-bond acceptors (Lipinski definition) is 4. The highest BCUT2D eigenvalue weighted by atomic mass is 16.3. The summed E-state index contributed by atoms with van der Waals surface area (Å²) in [4.78, 5) is 14.9. The predicted octanol–water partition coefficient (Wildman–Crippen LogP) is 10.2. The van der Waals surface area contributed by atoms with Crippen LogP contribution in [0.15, 0.2) is 144 Å². The second-order valence-electron chi connectivity index (χ2n) is 10.8. The number of nitrogens with zero attached hydrogens (tertiary/aromatic N) is 3. The van der Waals surface area contributed by atoms with Crippen LogP contribution in [-0.4, -0.2) is 15.0 Å². The zero-order valence-electron chi connectivity index (χ0n) is 23.0. The Balaban J connectivity index is 1.37. The van der Waals surface area contributed by atoms with E-state index in [0.717, 1.165) is 38.6 Å². The van der Waals surface area contributed by atoms with Gasteiger partial charge >= 0.3 is 0 Å². The van der Waals surface area contributed by atoms with Crippen molar-refractivity contribution in [2.24, 2.45) is 0 Å². The molecule has 0 aliphatic carbocycles. The summed E-state index contributed by atoms with van der Waals surface area (Å²) in [6.07, 6.45) is 0. The highest BCUT2D eigenvalue weighted by Gasteiger charge is 2.19. The Kier molecular flexibility index (Phi) is 5.16. The summed E-state index contributed by atoms with van der Waals surface area (Å²) in [5.74, 6) is 1.89. The van der Waals surface area contributed by atoms with Gasteiger partial charge in [-0.3, -0.25) is 0 Å². The van der Waals surface area contributed by atoms with Gasteiger partial charge in [0.1, 0.15) is 11.2 Å². The molecule has 0 amide bonds. The van der Waals surface area contributed by atoms with Gasteiger partial charge in [-0.05, 0) is 50.5 Å². The van der Waals surface area contributed by atoms with Gasteiger partial charge in [0.05, 0.1) is 0 Å². The first-order valence-corrected chi connectivity index (χ1v) is 14.4. The number of benzene rings is 7. The van der Waals surface area contributed by atoms with Crippen LogP contribution in [0.3, 0.4) is 0 Å². The van der Waals surface area contributed by atoms with Gasteiger partial charge in [-0.15, -0.1) is 0 Å². The number of hydrogen-bond donors (Lipinski definition) is 0. The number of furan rings is 1. The van der Waals surface area contributed by atoms with Crippen molar-refractivity contribution < 1.29 is 4.42 Å². The van der Waals surface area contributed by atoms with E-state index in [1.807, 2.05) is 72.8 Å². The third-order valence-corrected chi connectivity index (χ3v) is 8.30. The highest BCUT2D eigenvalue weighted by molar-refractivity contribution is 6.28. The molecular weight excluding hydrogens is 526 g/mol. The Bertz CT molecular complexity index is 2440. The normalized spacial score (nSPS) is 11.7. The second-order valence-corrected chi connectivity index (χ2v) is 10.8. The molecule has 0 atom stereocenters. The monoisotopic (exact) mass is 549 g/mol. The van der Waals surface area contributed by atoms with Crippen molar-refractivity contribution in [2.45, 2.75) is 0 Å². The largest absolute Gasteiger partial charge is 0.456 e. The van der Waals surface area contributed by atoms with E-state index in [9.17, 15) is 0 Å². The van der Waals surface area contributed by atoms with Crippen LogP contribution in [0.4, 0.5) is 0 Å². The van der Waals surface area contributed by atoms with Gasteiger partial charge in [0.15, 0.2) is 17.5 Å². The van der Waals surface area contributed by atoms with E-state index >= 15 is 0 Å². The molecule has 0 fully saturated rings. The summed E-state index contributed by atoms with van der Waals surface area (Å²) >= 11 is 0. The second kappa shape index (κ2) is 9.33. The molecule has 4 heteroatoms. The van der Waals surface area contributed by atoms with Gasteiger partial charge in [-0.25, -0.2) is 15.0 Å². The molecule has 7 aromatic carbocycles. The smallest absolute Gasteiger partial charge is 0.164 e. The molecule has 0 aliphatic rings. The van der Waals surface area contributed by atoms with Gasteiger partial charge in [0.2, 0.25) is 0 Å². The van der Waals surface area contributed by atoms with Crippen LogP contribution >= 0.6 is 0 Å². The van der Waals surface area contributed by atoms with Crippen LogP contribution in [0.2, 0.25) is 0 Å². The van der Waals surface area contributed by atoms with E-state index in [2.05, 4.69) is 66.7 Å². The fourth-order valence-corrected chi connectivity index (χ4v) is 6.34. The molecule has 0 unspecified atom stereocenters. The quantitative estimate of drug-likeness (QED) is 0.206. The van der Waals surface area contributed by atoms with Gasteiger partial charge < -0.3 is 4.42 Å². The van der Waals surface area contributed by atoms with Crippen molar-refractivity contribution in [1.82, 2.24) is 15.0 Å². The lowest BCUT2D eigenvalue weighted by molar-refractivity contribution is 0.669. The molecule has 0 bridgehead atoms. The van der Waals surface area contributed by atoms with Crippen LogP contribution in [-0.2, 0) is 0 Å². The summed E-state index contributed by atoms with van der Waals surface area (Å²) < 4.78 is 6.54. The molecule has 2 heterocycles. The zero-order chi connectivity index (χ0) is 28.3. The van der Waals surface area contributed by atoms with Crippen LogP contribution in [0.1, 0.15) is 0 Å². The molecule has 9 aromatic rings. The molecule has 0 saturated heterocycles. The van der Waals surface area contributed by atoms with Gasteiger partial charge in [-0.2, -0.15) is 0 Å². The van der Waals surface area contributed by atoms with E-state index in [4.69, 9.17) is 19.4 Å². The average Bonchev–Trinajstić information content (AvgIpc) is 3.46. The average molecular weight is 550 g/mol. The van der Waals surface area contributed by atoms with Gasteiger partial charge in [-0.1, -0.05) is 121 Å². The van der Waals surface area contributed by atoms with Gasteiger partial charge in [0.25, 0.3) is 0 Å². The fraction of sp³-hybridized carbons (Fsp3) is 0. The first kappa shape index (κ1) is 23.8. The van der Waals surface area contributed by atoms with Crippen molar-refractivity contribution in [3.63, 3.8) is 0 Å². The van der Waals surface area contributed by atoms with Crippen LogP contribution < -0.4 is 0 Å². The van der Waals surface area contributed by atoms with E-state index in [1.165, 1.54) is 32.3 Å². The van der Waals surface area contributed by atoms with Crippen LogP contribution in [0.5, 0.6) is 0 Å². The highest BCUT2D eigenvalue weighted by Crippen LogP contribution is 2.42. The molecule has 0 N–H and O–H groups in total. The minimum absolute atomic E-state index is 0.615. The first-order valence-electron chi connectivity index (χ1n) is 14.4. The number of aromatic nitrogens is 3. The van der Waals surface area contributed by atoms with E-state index < -0.39 is 0 Å². The molecular formula is C39H23N3O. The van der Waals surface area contributed by atoms with E-state index in [-0.39, 0.29) is 0 Å². The minimum Gasteiger partial charge on any atom is -0.456 e. The SMILES string of the molecule is c1ccc(-c2nc(-c3ccccc3)nc(-c3cccc4oc5cc6c7ccccc7c7ccccc7c6cc5c34)n2)cc1. The first-order chi connectivity index (χ1) is 21.3. The van der Waals surface area contributed by atoms with Crippen molar-refractivity contribution in [2.75, 3.05) is 0 Å². The molecule has 0 radical (unpaired) electrons. The topological polar surface area (TPSA) is 51.8 Å².